The number of hydrogen-bond acceptors (Lipinski definition) is 5. The normalized spacial score (nSPS) is 12.5. The molecular weight excluding hydrogens is 427 g/mol. The van der Waals surface area contributed by atoms with Crippen LogP contribution in [0, 0.1) is 0 Å². The van der Waals surface area contributed by atoms with Crippen LogP contribution < -0.4 is 5.32 Å². The van der Waals surface area contributed by atoms with Gasteiger partial charge in [0.2, 0.25) is 11.7 Å². The molecule has 162 valence electrons. The number of nitrogens with zero attached hydrogens (tertiary/aromatic N) is 2. The number of nitrogens with one attached hydrogen (secondary N) is 1. The number of fused-ring (bicyclic) bond motifs is 1. The minimum absolute atomic E-state index is 0.108. The van der Waals surface area contributed by atoms with Crippen LogP contribution in [-0.4, -0.2) is 33.5 Å². The smallest absolute Gasteiger partial charge is 0.356 e. The van der Waals surface area contributed by atoms with Gasteiger partial charge in [0.15, 0.2) is 5.78 Å². The summed E-state index contributed by atoms with van der Waals surface area (Å²) >= 11 is 0.979. The molecule has 0 saturated carbocycles. The first-order chi connectivity index (χ1) is 14.6. The van der Waals surface area contributed by atoms with E-state index in [1.807, 2.05) is 0 Å². The third-order valence-corrected chi connectivity index (χ3v) is 5.61. The summed E-state index contributed by atoms with van der Waals surface area (Å²) in [7, 11) is 0. The van der Waals surface area contributed by atoms with Crippen LogP contribution in [0.4, 0.5) is 13.2 Å². The fraction of sp³-hybridized carbons (Fsp3) is 0.273. The van der Waals surface area contributed by atoms with Gasteiger partial charge in [-0.25, -0.2) is 9.97 Å². The van der Waals surface area contributed by atoms with Crippen LogP contribution >= 0.6 is 11.8 Å². The Morgan fingerprint density at radius 1 is 1.06 bits per heavy atom. The molecule has 1 N–H and O–H groups in total. The summed E-state index contributed by atoms with van der Waals surface area (Å²) in [6.07, 6.45) is -4.05. The Morgan fingerprint density at radius 3 is 2.39 bits per heavy atom. The van der Waals surface area contributed by atoms with E-state index in [-0.39, 0.29) is 22.2 Å². The van der Waals surface area contributed by atoms with Gasteiger partial charge in [-0.2, -0.15) is 13.2 Å². The summed E-state index contributed by atoms with van der Waals surface area (Å²) < 4.78 is 39.6. The van der Waals surface area contributed by atoms with E-state index in [1.54, 1.807) is 49.4 Å². The zero-order valence-corrected chi connectivity index (χ0v) is 17.7. The number of halogens is 3. The van der Waals surface area contributed by atoms with Crippen molar-refractivity contribution in [2.24, 2.45) is 0 Å². The lowest BCUT2D eigenvalue weighted by molar-refractivity contribution is -0.145. The van der Waals surface area contributed by atoms with E-state index in [2.05, 4.69) is 15.3 Å². The van der Waals surface area contributed by atoms with Crippen LogP contribution in [0.2, 0.25) is 0 Å². The van der Waals surface area contributed by atoms with Gasteiger partial charge in [0.25, 0.3) is 0 Å². The Hall–Kier alpha value is -2.94. The topological polar surface area (TPSA) is 72.0 Å². The molecule has 2 aromatic carbocycles. The minimum Gasteiger partial charge on any atom is -0.356 e. The number of carbonyl (C=O) groups is 2. The molecular formula is C22H20F3N3O2S. The van der Waals surface area contributed by atoms with Crippen molar-refractivity contribution >= 4 is 34.4 Å². The Kier molecular flexibility index (Phi) is 6.94. The summed E-state index contributed by atoms with van der Waals surface area (Å²) in [4.78, 5) is 31.1. The van der Waals surface area contributed by atoms with Crippen LogP contribution in [0.5, 0.6) is 0 Å². The molecule has 3 rings (SSSR count). The van der Waals surface area contributed by atoms with E-state index >= 15 is 0 Å². The van der Waals surface area contributed by atoms with Gasteiger partial charge in [0.1, 0.15) is 5.03 Å². The summed E-state index contributed by atoms with van der Waals surface area (Å²) in [6.45, 7) is 3.58. The molecule has 0 radical (unpaired) electrons. The molecule has 1 aromatic heterocycles. The van der Waals surface area contributed by atoms with Crippen molar-refractivity contribution in [2.75, 3.05) is 6.54 Å². The number of alkyl halides is 3. The molecule has 0 aliphatic heterocycles. The maximum absolute atomic E-state index is 13.2. The highest BCUT2D eigenvalue weighted by Gasteiger charge is 2.36. The van der Waals surface area contributed by atoms with Gasteiger partial charge >= 0.3 is 6.18 Å². The molecule has 0 fully saturated rings. The Balaban J connectivity index is 1.78. The van der Waals surface area contributed by atoms with Crippen molar-refractivity contribution in [1.29, 1.82) is 0 Å². The van der Waals surface area contributed by atoms with Crippen molar-refractivity contribution in [1.82, 2.24) is 15.3 Å². The second-order valence-corrected chi connectivity index (χ2v) is 8.25. The number of benzene rings is 2. The number of aromatic nitrogens is 2. The fourth-order valence-corrected chi connectivity index (χ4v) is 3.96. The number of ketones is 1. The Bertz CT molecular complexity index is 1100. The van der Waals surface area contributed by atoms with Gasteiger partial charge in [0.05, 0.1) is 10.8 Å². The third kappa shape index (κ3) is 5.81. The fourth-order valence-electron chi connectivity index (χ4n) is 2.94. The quantitative estimate of drug-likeness (QED) is 0.323. The Labute approximate surface area is 181 Å². The predicted octanol–water partition coefficient (Wildman–Crippen LogP) is 4.69. The minimum atomic E-state index is -4.68. The maximum Gasteiger partial charge on any atom is 0.451 e. The molecule has 31 heavy (non-hydrogen) atoms. The molecule has 1 atom stereocenters. The highest BCUT2D eigenvalue weighted by Crippen LogP contribution is 2.34. The van der Waals surface area contributed by atoms with Crippen LogP contribution in [0.25, 0.3) is 10.9 Å². The lowest BCUT2D eigenvalue weighted by Gasteiger charge is -2.14. The zero-order valence-electron chi connectivity index (χ0n) is 16.9. The number of para-hydroxylation sites is 1. The highest BCUT2D eigenvalue weighted by molar-refractivity contribution is 8.00. The van der Waals surface area contributed by atoms with E-state index in [0.717, 1.165) is 17.3 Å². The van der Waals surface area contributed by atoms with Gasteiger partial charge < -0.3 is 5.32 Å². The summed E-state index contributed by atoms with van der Waals surface area (Å²) in [5.41, 5.74) is 1.59. The first-order valence-electron chi connectivity index (χ1n) is 9.53. The molecule has 0 aliphatic carbocycles. The van der Waals surface area contributed by atoms with Crippen molar-refractivity contribution in [3.63, 3.8) is 0 Å². The zero-order chi connectivity index (χ0) is 22.6. The molecule has 3 aromatic rings. The van der Waals surface area contributed by atoms with Crippen LogP contribution in [0.15, 0.2) is 53.6 Å². The maximum atomic E-state index is 13.2. The van der Waals surface area contributed by atoms with Crippen LogP contribution in [0.3, 0.4) is 0 Å². The molecule has 0 saturated heterocycles. The van der Waals surface area contributed by atoms with Gasteiger partial charge in [-0.1, -0.05) is 54.2 Å². The lowest BCUT2D eigenvalue weighted by Crippen LogP contribution is -2.22. The third-order valence-electron chi connectivity index (χ3n) is 4.51. The average Bonchev–Trinajstić information content (AvgIpc) is 2.72. The molecule has 0 aliphatic rings. The van der Waals surface area contributed by atoms with E-state index < -0.39 is 17.3 Å². The predicted molar refractivity (Wildman–Crippen MR) is 113 cm³/mol. The van der Waals surface area contributed by atoms with Crippen LogP contribution in [-0.2, 0) is 17.4 Å². The first-order valence-corrected chi connectivity index (χ1v) is 10.4. The molecule has 1 heterocycles. The van der Waals surface area contributed by atoms with E-state index in [0.29, 0.717) is 23.9 Å². The molecule has 9 heteroatoms. The largest absolute Gasteiger partial charge is 0.451 e. The summed E-state index contributed by atoms with van der Waals surface area (Å²) in [6, 6.07) is 13.4. The monoisotopic (exact) mass is 447 g/mol. The number of hydrogen-bond donors (Lipinski definition) is 1. The molecule has 1 unspecified atom stereocenters. The van der Waals surface area contributed by atoms with Gasteiger partial charge in [-0.3, -0.25) is 9.59 Å². The molecule has 0 bridgehead atoms. The molecule has 5 nitrogen and oxygen atoms in total. The first kappa shape index (κ1) is 22.7. The molecule has 0 spiro atoms. The van der Waals surface area contributed by atoms with Crippen molar-refractivity contribution in [3.05, 3.63) is 65.5 Å². The van der Waals surface area contributed by atoms with Gasteiger partial charge in [0, 0.05) is 24.4 Å². The van der Waals surface area contributed by atoms with Crippen molar-refractivity contribution < 1.29 is 22.8 Å². The highest BCUT2D eigenvalue weighted by atomic mass is 32.2. The number of Topliss-reactive ketones (excluding diaryl/α,β-unsaturated/α-hetero) is 1. The second-order valence-electron chi connectivity index (χ2n) is 6.92. The second kappa shape index (κ2) is 9.47. The summed E-state index contributed by atoms with van der Waals surface area (Å²) in [5.74, 6) is -1.55. The standard InChI is InChI=1S/C22H20F3N3O2S/c1-13(19(30)16-9-7-15(8-10-16)11-12-26-14(2)29)31-20-17-5-3-4-6-18(17)27-21(28-20)22(23,24)25/h3-10,13H,11-12H2,1-2H3,(H,26,29). The average molecular weight is 447 g/mol. The number of amides is 1. The van der Waals surface area contributed by atoms with Gasteiger partial charge in [-0.15, -0.1) is 0 Å². The van der Waals surface area contributed by atoms with Crippen molar-refractivity contribution in [3.8, 4) is 0 Å². The van der Waals surface area contributed by atoms with E-state index in [4.69, 9.17) is 0 Å². The SMILES string of the molecule is CC(=O)NCCc1ccc(C(=O)C(C)Sc2nc(C(F)(F)F)nc3ccccc23)cc1. The molecule has 1 amide bonds. The number of thioether (sulfide) groups is 1. The van der Waals surface area contributed by atoms with E-state index in [9.17, 15) is 22.8 Å². The lowest BCUT2D eigenvalue weighted by atomic mass is 10.0. The number of rotatable bonds is 7. The van der Waals surface area contributed by atoms with Gasteiger partial charge in [-0.05, 0) is 25.0 Å². The van der Waals surface area contributed by atoms with Crippen molar-refractivity contribution in [2.45, 2.75) is 36.7 Å². The Morgan fingerprint density at radius 2 is 1.74 bits per heavy atom. The van der Waals surface area contributed by atoms with Crippen LogP contribution in [0.1, 0.15) is 35.6 Å². The van der Waals surface area contributed by atoms with E-state index in [1.165, 1.54) is 13.0 Å². The summed E-state index contributed by atoms with van der Waals surface area (Å²) in [5, 5.41) is 2.64. The number of carbonyl (C=O) groups excluding carboxylic acids is 2.